The van der Waals surface area contributed by atoms with Gasteiger partial charge in [-0.15, -0.1) is 0 Å². The number of aromatic hydroxyl groups is 1. The maximum atomic E-state index is 12.7. The predicted octanol–water partition coefficient (Wildman–Crippen LogP) is 1.48. The van der Waals surface area contributed by atoms with Crippen molar-refractivity contribution in [1.29, 1.82) is 0 Å². The lowest BCUT2D eigenvalue weighted by Gasteiger charge is -2.01. The second-order valence-corrected chi connectivity index (χ2v) is 3.00. The van der Waals surface area contributed by atoms with Crippen molar-refractivity contribution in [3.05, 3.63) is 29.6 Å². The average molecular weight is 197 g/mol. The van der Waals surface area contributed by atoms with Crippen molar-refractivity contribution in [2.75, 3.05) is 0 Å². The molecular weight excluding hydrogens is 185 g/mol. The lowest BCUT2D eigenvalue weighted by molar-refractivity contribution is 0.266. The zero-order valence-electron chi connectivity index (χ0n) is 7.81. The van der Waals surface area contributed by atoms with Gasteiger partial charge in [0, 0.05) is 11.8 Å². The van der Waals surface area contributed by atoms with E-state index in [9.17, 15) is 9.50 Å². The van der Waals surface area contributed by atoms with Crippen molar-refractivity contribution in [2.24, 2.45) is 4.99 Å². The Morgan fingerprint density at radius 1 is 1.57 bits per heavy atom. The number of nitrogens with zero attached hydrogens (tertiary/aromatic N) is 1. The van der Waals surface area contributed by atoms with Gasteiger partial charge in [-0.25, -0.2) is 4.39 Å². The van der Waals surface area contributed by atoms with Crippen LogP contribution < -0.4 is 0 Å². The van der Waals surface area contributed by atoms with Crippen molar-refractivity contribution < 1.29 is 14.6 Å². The molecule has 0 saturated heterocycles. The summed E-state index contributed by atoms with van der Waals surface area (Å²) in [5.74, 6) is -0.404. The van der Waals surface area contributed by atoms with E-state index in [-0.39, 0.29) is 12.3 Å². The molecule has 4 heteroatoms. The molecule has 0 aliphatic rings. The Bertz CT molecular complexity index is 337. The number of hydrogen-bond acceptors (Lipinski definition) is 3. The van der Waals surface area contributed by atoms with Gasteiger partial charge in [0.05, 0.1) is 12.6 Å². The number of halogens is 1. The fourth-order valence-electron chi connectivity index (χ4n) is 0.984. The Morgan fingerprint density at radius 2 is 2.29 bits per heavy atom. The first-order valence-corrected chi connectivity index (χ1v) is 4.25. The molecule has 2 N–H and O–H groups in total. The smallest absolute Gasteiger partial charge is 0.123 e. The van der Waals surface area contributed by atoms with Crippen LogP contribution in [0.15, 0.2) is 23.2 Å². The van der Waals surface area contributed by atoms with Gasteiger partial charge in [0.15, 0.2) is 0 Å². The minimum Gasteiger partial charge on any atom is -0.508 e. The van der Waals surface area contributed by atoms with Crippen LogP contribution in [0.1, 0.15) is 12.5 Å². The molecule has 1 unspecified atom stereocenters. The van der Waals surface area contributed by atoms with Crippen LogP contribution in [-0.4, -0.2) is 22.5 Å². The molecule has 0 saturated carbocycles. The third-order valence-electron chi connectivity index (χ3n) is 1.62. The van der Waals surface area contributed by atoms with E-state index in [0.717, 1.165) is 0 Å². The largest absolute Gasteiger partial charge is 0.508 e. The zero-order valence-corrected chi connectivity index (χ0v) is 7.81. The first kappa shape index (κ1) is 10.7. The predicted molar refractivity (Wildman–Crippen MR) is 51.9 cm³/mol. The van der Waals surface area contributed by atoms with Crippen LogP contribution in [0.3, 0.4) is 0 Å². The van der Waals surface area contributed by atoms with Gasteiger partial charge in [0.1, 0.15) is 11.6 Å². The molecule has 0 amide bonds. The molecule has 0 aromatic heterocycles. The minimum atomic E-state index is -0.634. The first-order valence-electron chi connectivity index (χ1n) is 4.25. The normalized spacial score (nSPS) is 13.4. The van der Waals surface area contributed by atoms with Crippen LogP contribution in [0, 0.1) is 5.82 Å². The number of aliphatic hydroxyl groups excluding tert-OH is 1. The monoisotopic (exact) mass is 197 g/mol. The van der Waals surface area contributed by atoms with Crippen LogP contribution in [0.2, 0.25) is 0 Å². The average Bonchev–Trinajstić information content (AvgIpc) is 2.10. The summed E-state index contributed by atoms with van der Waals surface area (Å²) >= 11 is 0. The summed E-state index contributed by atoms with van der Waals surface area (Å²) in [6, 6.07) is 3.68. The van der Waals surface area contributed by atoms with Gasteiger partial charge in [0.25, 0.3) is 0 Å². The molecule has 3 nitrogen and oxygen atoms in total. The molecule has 1 atom stereocenters. The summed E-state index contributed by atoms with van der Waals surface area (Å²) in [6.07, 6.45) is 0.704. The van der Waals surface area contributed by atoms with Crippen molar-refractivity contribution in [3.8, 4) is 5.75 Å². The lowest BCUT2D eigenvalue weighted by atomic mass is 10.2. The van der Waals surface area contributed by atoms with E-state index in [1.165, 1.54) is 24.4 Å². The molecule has 1 aromatic carbocycles. The van der Waals surface area contributed by atoms with E-state index in [1.54, 1.807) is 6.92 Å². The maximum Gasteiger partial charge on any atom is 0.123 e. The third kappa shape index (κ3) is 3.14. The Labute approximate surface area is 81.5 Å². The number of phenols is 1. The van der Waals surface area contributed by atoms with Crippen LogP contribution >= 0.6 is 0 Å². The highest BCUT2D eigenvalue weighted by atomic mass is 19.1. The summed E-state index contributed by atoms with van der Waals surface area (Å²) in [5.41, 5.74) is 0.405. The molecule has 0 aliphatic carbocycles. The quantitative estimate of drug-likeness (QED) is 0.721. The molecule has 0 aliphatic heterocycles. The second kappa shape index (κ2) is 4.72. The van der Waals surface area contributed by atoms with Gasteiger partial charge >= 0.3 is 0 Å². The second-order valence-electron chi connectivity index (χ2n) is 3.00. The molecule has 0 fully saturated rings. The third-order valence-corrected chi connectivity index (χ3v) is 1.62. The standard InChI is InChI=1S/C10H12FNO2/c1-7(13)5-12-6-8-4-9(11)2-3-10(8)14/h2-5,7,13-14H,6H2,1H3. The van der Waals surface area contributed by atoms with Crippen LogP contribution in [0.5, 0.6) is 5.75 Å². The summed E-state index contributed by atoms with van der Waals surface area (Å²) in [6.45, 7) is 1.73. The van der Waals surface area contributed by atoms with Crippen LogP contribution in [0.25, 0.3) is 0 Å². The SMILES string of the molecule is CC(O)C=NCc1cc(F)ccc1O. The van der Waals surface area contributed by atoms with Crippen LogP contribution in [-0.2, 0) is 6.54 Å². The van der Waals surface area contributed by atoms with Crippen molar-refractivity contribution in [2.45, 2.75) is 19.6 Å². The number of rotatable bonds is 3. The maximum absolute atomic E-state index is 12.7. The van der Waals surface area contributed by atoms with Gasteiger partial charge in [-0.2, -0.15) is 0 Å². The van der Waals surface area contributed by atoms with Crippen LogP contribution in [0.4, 0.5) is 4.39 Å². The number of benzene rings is 1. The first-order chi connectivity index (χ1) is 6.59. The van der Waals surface area contributed by atoms with Gasteiger partial charge in [-0.05, 0) is 25.1 Å². The Morgan fingerprint density at radius 3 is 2.93 bits per heavy atom. The summed E-state index contributed by atoms with van der Waals surface area (Å²) in [4.78, 5) is 3.84. The Kier molecular flexibility index (Phi) is 3.59. The summed E-state index contributed by atoms with van der Waals surface area (Å²) < 4.78 is 12.7. The van der Waals surface area contributed by atoms with E-state index in [4.69, 9.17) is 5.11 Å². The highest BCUT2D eigenvalue weighted by Gasteiger charge is 2.01. The Hall–Kier alpha value is -1.42. The molecule has 0 radical (unpaired) electrons. The van der Waals surface area contributed by atoms with E-state index in [2.05, 4.69) is 4.99 Å². The molecule has 0 heterocycles. The van der Waals surface area contributed by atoms with Crippen molar-refractivity contribution >= 4 is 6.21 Å². The van der Waals surface area contributed by atoms with Crippen molar-refractivity contribution in [3.63, 3.8) is 0 Å². The topological polar surface area (TPSA) is 52.8 Å². The molecule has 14 heavy (non-hydrogen) atoms. The number of phenolic OH excluding ortho intramolecular Hbond substituents is 1. The summed E-state index contributed by atoms with van der Waals surface area (Å²) in [5, 5.41) is 18.2. The summed E-state index contributed by atoms with van der Waals surface area (Å²) in [7, 11) is 0. The van der Waals surface area contributed by atoms with E-state index in [0.29, 0.717) is 5.56 Å². The fourth-order valence-corrected chi connectivity index (χ4v) is 0.984. The van der Waals surface area contributed by atoms with Gasteiger partial charge in [-0.1, -0.05) is 0 Å². The number of aliphatic hydroxyl groups is 1. The van der Waals surface area contributed by atoms with E-state index < -0.39 is 11.9 Å². The fraction of sp³-hybridized carbons (Fsp3) is 0.300. The van der Waals surface area contributed by atoms with Gasteiger partial charge < -0.3 is 10.2 Å². The molecule has 0 bridgehead atoms. The van der Waals surface area contributed by atoms with E-state index >= 15 is 0 Å². The number of hydrogen-bond donors (Lipinski definition) is 2. The van der Waals surface area contributed by atoms with E-state index in [1.807, 2.05) is 0 Å². The molecule has 76 valence electrons. The van der Waals surface area contributed by atoms with Crippen molar-refractivity contribution in [1.82, 2.24) is 0 Å². The molecule has 0 spiro atoms. The molecule has 1 rings (SSSR count). The lowest BCUT2D eigenvalue weighted by Crippen LogP contribution is -2.00. The molecule has 1 aromatic rings. The molecular formula is C10H12FNO2. The van der Waals surface area contributed by atoms with Gasteiger partial charge in [0.2, 0.25) is 0 Å². The van der Waals surface area contributed by atoms with Gasteiger partial charge in [-0.3, -0.25) is 4.99 Å². The Balaban J connectivity index is 2.71. The zero-order chi connectivity index (χ0) is 10.6. The highest BCUT2D eigenvalue weighted by molar-refractivity contribution is 5.62. The number of aliphatic imine (C=N–C) groups is 1. The highest BCUT2D eigenvalue weighted by Crippen LogP contribution is 2.18. The minimum absolute atomic E-state index is 0.00847.